The van der Waals surface area contributed by atoms with Crippen LogP contribution in [0.2, 0.25) is 0 Å². The van der Waals surface area contributed by atoms with Crippen LogP contribution in [0, 0.1) is 0 Å². The molecular formula is C20H21NO5S. The molecule has 0 N–H and O–H groups in total. The van der Waals surface area contributed by atoms with E-state index >= 15 is 0 Å². The standard InChI is InChI=1S/C20H21NO5S/c1-21(16-7-3-2-4-8-16)27(24,25)17-13-11-15(12-14-17)20(23)26-19-10-6-5-9-18(19)22/h2-4,7-8,11-14,19H,5-6,9-10H2,1H3/t19-/m0/s1. The first-order valence-corrected chi connectivity index (χ1v) is 10.2. The highest BCUT2D eigenvalue weighted by atomic mass is 32.2. The molecule has 3 rings (SSSR count). The minimum absolute atomic E-state index is 0.0571. The molecule has 142 valence electrons. The molecule has 0 amide bonds. The van der Waals surface area contributed by atoms with Crippen LogP contribution < -0.4 is 4.31 Å². The number of rotatable bonds is 5. The maximum Gasteiger partial charge on any atom is 0.338 e. The normalized spacial score (nSPS) is 17.4. The highest BCUT2D eigenvalue weighted by molar-refractivity contribution is 7.92. The van der Waals surface area contributed by atoms with Crippen LogP contribution in [0.3, 0.4) is 0 Å². The molecule has 0 aliphatic heterocycles. The summed E-state index contributed by atoms with van der Waals surface area (Å²) in [5.74, 6) is -0.672. The third kappa shape index (κ3) is 4.19. The summed E-state index contributed by atoms with van der Waals surface area (Å²) in [6.45, 7) is 0. The largest absolute Gasteiger partial charge is 0.451 e. The number of esters is 1. The Balaban J connectivity index is 1.74. The minimum Gasteiger partial charge on any atom is -0.451 e. The molecule has 7 heteroatoms. The number of benzene rings is 2. The summed E-state index contributed by atoms with van der Waals surface area (Å²) in [5.41, 5.74) is 0.756. The van der Waals surface area contributed by atoms with Gasteiger partial charge >= 0.3 is 5.97 Å². The molecule has 1 saturated carbocycles. The Kier molecular flexibility index (Phi) is 5.60. The van der Waals surface area contributed by atoms with Gasteiger partial charge in [-0.2, -0.15) is 0 Å². The van der Waals surface area contributed by atoms with Crippen molar-refractivity contribution in [2.75, 3.05) is 11.4 Å². The molecule has 0 unspecified atom stereocenters. The lowest BCUT2D eigenvalue weighted by Gasteiger charge is -2.21. The van der Waals surface area contributed by atoms with Crippen molar-refractivity contribution in [3.8, 4) is 0 Å². The molecule has 1 atom stereocenters. The van der Waals surface area contributed by atoms with Crippen molar-refractivity contribution in [2.45, 2.75) is 36.7 Å². The number of nitrogens with zero attached hydrogens (tertiary/aromatic N) is 1. The van der Waals surface area contributed by atoms with E-state index in [9.17, 15) is 18.0 Å². The number of Topliss-reactive ketones (excluding diaryl/α,β-unsaturated/α-hetero) is 1. The van der Waals surface area contributed by atoms with Crippen molar-refractivity contribution in [1.29, 1.82) is 0 Å². The van der Waals surface area contributed by atoms with Crippen molar-refractivity contribution in [3.63, 3.8) is 0 Å². The van der Waals surface area contributed by atoms with Gasteiger partial charge in [0.2, 0.25) is 0 Å². The van der Waals surface area contributed by atoms with E-state index in [0.717, 1.165) is 12.8 Å². The SMILES string of the molecule is CN(c1ccccc1)S(=O)(=O)c1ccc(C(=O)O[C@H]2CCCCC2=O)cc1. The Hall–Kier alpha value is -2.67. The third-order valence-electron chi connectivity index (χ3n) is 4.62. The maximum absolute atomic E-state index is 12.7. The quantitative estimate of drug-likeness (QED) is 0.736. The number of hydrogen-bond acceptors (Lipinski definition) is 5. The molecule has 27 heavy (non-hydrogen) atoms. The first kappa shape index (κ1) is 19.1. The first-order valence-electron chi connectivity index (χ1n) is 8.77. The summed E-state index contributed by atoms with van der Waals surface area (Å²) in [5, 5.41) is 0. The van der Waals surface area contributed by atoms with Crippen LogP contribution in [-0.2, 0) is 19.6 Å². The monoisotopic (exact) mass is 387 g/mol. The lowest BCUT2D eigenvalue weighted by Crippen LogP contribution is -2.30. The first-order chi connectivity index (χ1) is 12.9. The predicted octanol–water partition coefficient (Wildman–Crippen LogP) is 3.18. The minimum atomic E-state index is -3.74. The molecule has 1 fully saturated rings. The van der Waals surface area contributed by atoms with Gasteiger partial charge in [0.15, 0.2) is 11.9 Å². The van der Waals surface area contributed by atoms with Gasteiger partial charge < -0.3 is 4.74 Å². The van der Waals surface area contributed by atoms with Crippen LogP contribution >= 0.6 is 0 Å². The lowest BCUT2D eigenvalue weighted by atomic mass is 9.96. The van der Waals surface area contributed by atoms with Gasteiger partial charge in [0.1, 0.15) is 0 Å². The number of hydrogen-bond donors (Lipinski definition) is 0. The molecular weight excluding hydrogens is 366 g/mol. The molecule has 0 aromatic heterocycles. The average molecular weight is 387 g/mol. The second-order valence-corrected chi connectivity index (χ2v) is 8.41. The zero-order valence-electron chi connectivity index (χ0n) is 15.0. The fraction of sp³-hybridized carbons (Fsp3) is 0.300. The number of anilines is 1. The van der Waals surface area contributed by atoms with E-state index in [1.54, 1.807) is 30.3 Å². The fourth-order valence-electron chi connectivity index (χ4n) is 2.97. The third-order valence-corrected chi connectivity index (χ3v) is 6.42. The maximum atomic E-state index is 12.7. The zero-order chi connectivity index (χ0) is 19.4. The fourth-order valence-corrected chi connectivity index (χ4v) is 4.17. The van der Waals surface area contributed by atoms with E-state index in [1.165, 1.54) is 35.6 Å². The van der Waals surface area contributed by atoms with E-state index < -0.39 is 22.1 Å². The van der Waals surface area contributed by atoms with Crippen LogP contribution in [0.5, 0.6) is 0 Å². The van der Waals surface area contributed by atoms with Crippen LogP contribution in [0.25, 0.3) is 0 Å². The highest BCUT2D eigenvalue weighted by Gasteiger charge is 2.27. The van der Waals surface area contributed by atoms with Gasteiger partial charge in [-0.25, -0.2) is 13.2 Å². The van der Waals surface area contributed by atoms with Gasteiger partial charge in [-0.1, -0.05) is 18.2 Å². The van der Waals surface area contributed by atoms with E-state index in [4.69, 9.17) is 4.74 Å². The molecule has 2 aromatic rings. The molecule has 1 aliphatic carbocycles. The number of para-hydroxylation sites is 1. The van der Waals surface area contributed by atoms with Gasteiger partial charge in [-0.15, -0.1) is 0 Å². The molecule has 1 aliphatic rings. The smallest absolute Gasteiger partial charge is 0.338 e. The molecule has 0 radical (unpaired) electrons. The van der Waals surface area contributed by atoms with E-state index in [0.29, 0.717) is 18.5 Å². The Bertz CT molecular complexity index is 923. The van der Waals surface area contributed by atoms with Gasteiger partial charge in [0, 0.05) is 13.5 Å². The zero-order valence-corrected chi connectivity index (χ0v) is 15.8. The summed E-state index contributed by atoms with van der Waals surface area (Å²) in [6.07, 6.45) is 1.96. The second kappa shape index (κ2) is 7.92. The summed E-state index contributed by atoms with van der Waals surface area (Å²) >= 11 is 0. The number of carbonyl (C=O) groups excluding carboxylic acids is 2. The number of sulfonamides is 1. The Morgan fingerprint density at radius 1 is 1.04 bits per heavy atom. The van der Waals surface area contributed by atoms with Crippen molar-refractivity contribution in [1.82, 2.24) is 0 Å². The number of ether oxygens (including phenoxy) is 1. The van der Waals surface area contributed by atoms with Crippen molar-refractivity contribution >= 4 is 27.5 Å². The van der Waals surface area contributed by atoms with Crippen molar-refractivity contribution in [2.24, 2.45) is 0 Å². The second-order valence-electron chi connectivity index (χ2n) is 6.44. The Morgan fingerprint density at radius 3 is 2.33 bits per heavy atom. The predicted molar refractivity (Wildman–Crippen MR) is 101 cm³/mol. The molecule has 2 aromatic carbocycles. The van der Waals surface area contributed by atoms with Gasteiger partial charge in [-0.3, -0.25) is 9.10 Å². The number of ketones is 1. The summed E-state index contributed by atoms with van der Waals surface area (Å²) in [4.78, 5) is 24.1. The lowest BCUT2D eigenvalue weighted by molar-refractivity contribution is -0.129. The highest BCUT2D eigenvalue weighted by Crippen LogP contribution is 2.23. The van der Waals surface area contributed by atoms with Gasteiger partial charge in [0.25, 0.3) is 10.0 Å². The summed E-state index contributed by atoms with van der Waals surface area (Å²) < 4.78 is 31.9. The van der Waals surface area contributed by atoms with E-state index in [2.05, 4.69) is 0 Å². The van der Waals surface area contributed by atoms with Crippen LogP contribution in [0.1, 0.15) is 36.0 Å². The van der Waals surface area contributed by atoms with E-state index in [1.807, 2.05) is 0 Å². The Morgan fingerprint density at radius 2 is 1.70 bits per heavy atom. The van der Waals surface area contributed by atoms with Crippen molar-refractivity contribution in [3.05, 3.63) is 60.2 Å². The molecule has 6 nitrogen and oxygen atoms in total. The van der Waals surface area contributed by atoms with Crippen molar-refractivity contribution < 1.29 is 22.7 Å². The van der Waals surface area contributed by atoms with Gasteiger partial charge in [0.05, 0.1) is 16.1 Å². The molecule has 0 heterocycles. The molecule has 0 bridgehead atoms. The molecule has 0 spiro atoms. The van der Waals surface area contributed by atoms with Crippen LogP contribution in [0.4, 0.5) is 5.69 Å². The summed E-state index contributed by atoms with van der Waals surface area (Å²) in [6, 6.07) is 14.3. The topological polar surface area (TPSA) is 80.8 Å². The molecule has 0 saturated heterocycles. The van der Waals surface area contributed by atoms with E-state index in [-0.39, 0.29) is 16.2 Å². The summed E-state index contributed by atoms with van der Waals surface area (Å²) in [7, 11) is -2.27. The average Bonchev–Trinajstić information content (AvgIpc) is 2.70. The van der Waals surface area contributed by atoms with Crippen LogP contribution in [0.15, 0.2) is 59.5 Å². The Labute approximate surface area is 158 Å². The van der Waals surface area contributed by atoms with Gasteiger partial charge in [-0.05, 0) is 55.7 Å². The van der Waals surface area contributed by atoms with Crippen LogP contribution in [-0.4, -0.2) is 33.3 Å². The number of carbonyl (C=O) groups is 2.